The topological polar surface area (TPSA) is 84.7 Å². The van der Waals surface area contributed by atoms with Crippen LogP contribution in [0.3, 0.4) is 0 Å². The lowest BCUT2D eigenvalue weighted by Crippen LogP contribution is -2.40. The van der Waals surface area contributed by atoms with Crippen molar-refractivity contribution in [1.82, 2.24) is 23.1 Å². The fourth-order valence-corrected chi connectivity index (χ4v) is 3.77. The van der Waals surface area contributed by atoms with Crippen LogP contribution < -0.4 is 11.2 Å². The molecule has 0 aliphatic carbocycles. The summed E-state index contributed by atoms with van der Waals surface area (Å²) in [6.07, 6.45) is 4.15. The highest BCUT2D eigenvalue weighted by Crippen LogP contribution is 2.20. The molecule has 9 heteroatoms. The summed E-state index contributed by atoms with van der Waals surface area (Å²) in [6, 6.07) is 0. The van der Waals surface area contributed by atoms with Crippen LogP contribution in [0.1, 0.15) is 25.5 Å². The van der Waals surface area contributed by atoms with Crippen LogP contribution in [0.15, 0.2) is 15.8 Å². The van der Waals surface area contributed by atoms with E-state index in [1.165, 1.54) is 9.13 Å². The molecular formula is C18H25N5O4. The third-order valence-corrected chi connectivity index (χ3v) is 5.21. The second-order valence-electron chi connectivity index (χ2n) is 6.97. The number of aryl methyl sites for hydroxylation is 2. The Morgan fingerprint density at radius 1 is 1.33 bits per heavy atom. The zero-order valence-electron chi connectivity index (χ0n) is 16.0. The van der Waals surface area contributed by atoms with Crippen LogP contribution in [0, 0.1) is 6.92 Å². The molecule has 0 spiro atoms. The number of nitrogens with zero attached hydrogens (tertiary/aromatic N) is 5. The van der Waals surface area contributed by atoms with Gasteiger partial charge in [-0.25, -0.2) is 4.79 Å². The van der Waals surface area contributed by atoms with Gasteiger partial charge in [0.25, 0.3) is 5.56 Å². The van der Waals surface area contributed by atoms with E-state index in [0.717, 1.165) is 25.1 Å². The van der Waals surface area contributed by atoms with E-state index in [1.54, 1.807) is 11.4 Å². The minimum atomic E-state index is -0.379. The van der Waals surface area contributed by atoms with E-state index in [1.807, 2.05) is 20.0 Å². The molecule has 0 unspecified atom stereocenters. The average Bonchev–Trinajstić information content (AvgIpc) is 3.34. The maximum Gasteiger partial charge on any atom is 0.332 e. The number of aromatic nitrogens is 5. The molecule has 4 heterocycles. The van der Waals surface area contributed by atoms with Crippen LogP contribution in [-0.4, -0.2) is 49.0 Å². The molecule has 9 nitrogen and oxygen atoms in total. The highest BCUT2D eigenvalue weighted by Gasteiger charge is 2.23. The largest absolute Gasteiger partial charge is 0.380 e. The summed E-state index contributed by atoms with van der Waals surface area (Å²) < 4.78 is 17.6. The van der Waals surface area contributed by atoms with E-state index in [2.05, 4.69) is 9.55 Å². The minimum absolute atomic E-state index is 0.159. The Hall–Kier alpha value is -2.39. The Morgan fingerprint density at radius 3 is 2.85 bits per heavy atom. The Bertz CT molecular complexity index is 1100. The van der Waals surface area contributed by atoms with Gasteiger partial charge in [0.1, 0.15) is 0 Å². The number of fused-ring (bicyclic) bond motifs is 3. The van der Waals surface area contributed by atoms with Crippen molar-refractivity contribution in [2.45, 2.75) is 45.9 Å². The molecular weight excluding hydrogens is 350 g/mol. The van der Waals surface area contributed by atoms with Gasteiger partial charge in [-0.1, -0.05) is 0 Å². The summed E-state index contributed by atoms with van der Waals surface area (Å²) in [5.74, 6) is 0.660. The first-order valence-electron chi connectivity index (χ1n) is 9.40. The lowest BCUT2D eigenvalue weighted by Gasteiger charge is -2.11. The van der Waals surface area contributed by atoms with Crippen LogP contribution in [0.2, 0.25) is 0 Å². The molecule has 1 saturated heterocycles. The second-order valence-corrected chi connectivity index (χ2v) is 6.97. The Balaban J connectivity index is 1.88. The molecule has 0 bridgehead atoms. The van der Waals surface area contributed by atoms with E-state index >= 15 is 0 Å². The summed E-state index contributed by atoms with van der Waals surface area (Å²) in [5, 5.41) is 0. The van der Waals surface area contributed by atoms with Crippen LogP contribution >= 0.6 is 0 Å². The highest BCUT2D eigenvalue weighted by molar-refractivity contribution is 5.75. The molecule has 27 heavy (non-hydrogen) atoms. The van der Waals surface area contributed by atoms with Crippen LogP contribution in [0.25, 0.3) is 16.9 Å². The number of hydrogen-bond donors (Lipinski definition) is 0. The van der Waals surface area contributed by atoms with E-state index in [-0.39, 0.29) is 23.9 Å². The van der Waals surface area contributed by atoms with Gasteiger partial charge in [0.15, 0.2) is 11.2 Å². The Kier molecular flexibility index (Phi) is 4.65. The molecule has 146 valence electrons. The zero-order valence-corrected chi connectivity index (χ0v) is 16.0. The Morgan fingerprint density at radius 2 is 2.15 bits per heavy atom. The fraction of sp³-hybridized carbons (Fsp3) is 0.611. The second kappa shape index (κ2) is 6.97. The summed E-state index contributed by atoms with van der Waals surface area (Å²) in [6.45, 7) is 6.43. The van der Waals surface area contributed by atoms with Gasteiger partial charge in [-0.05, 0) is 26.7 Å². The van der Waals surface area contributed by atoms with E-state index in [4.69, 9.17) is 9.47 Å². The fourth-order valence-electron chi connectivity index (χ4n) is 3.77. The van der Waals surface area contributed by atoms with Gasteiger partial charge in [-0.15, -0.1) is 0 Å². The van der Waals surface area contributed by atoms with Crippen LogP contribution in [0.5, 0.6) is 0 Å². The first-order chi connectivity index (χ1) is 13.0. The predicted octanol–water partition coefficient (Wildman–Crippen LogP) is 0.673. The van der Waals surface area contributed by atoms with Crippen LogP contribution in [-0.2, 0) is 29.6 Å². The number of ether oxygens (including phenoxy) is 2. The normalized spacial score (nSPS) is 17.5. The predicted molar refractivity (Wildman–Crippen MR) is 100 cm³/mol. The number of rotatable bonds is 6. The lowest BCUT2D eigenvalue weighted by molar-refractivity contribution is 0.0974. The van der Waals surface area contributed by atoms with Gasteiger partial charge in [-0.3, -0.25) is 18.3 Å². The quantitative estimate of drug-likeness (QED) is 0.592. The van der Waals surface area contributed by atoms with Gasteiger partial charge in [0, 0.05) is 32.2 Å². The molecule has 0 amide bonds. The van der Waals surface area contributed by atoms with Crippen molar-refractivity contribution in [3.05, 3.63) is 32.7 Å². The molecule has 0 radical (unpaired) electrons. The summed E-state index contributed by atoms with van der Waals surface area (Å²) in [5.41, 5.74) is 1.10. The Labute approximate surface area is 155 Å². The average molecular weight is 375 g/mol. The highest BCUT2D eigenvalue weighted by atomic mass is 16.5. The van der Waals surface area contributed by atoms with Crippen LogP contribution in [0.4, 0.5) is 0 Å². The van der Waals surface area contributed by atoms with Crippen molar-refractivity contribution in [1.29, 1.82) is 0 Å². The van der Waals surface area contributed by atoms with Crippen molar-refractivity contribution in [2.75, 3.05) is 19.8 Å². The van der Waals surface area contributed by atoms with Gasteiger partial charge >= 0.3 is 5.69 Å². The molecule has 0 aromatic carbocycles. The minimum Gasteiger partial charge on any atom is -0.380 e. The smallest absolute Gasteiger partial charge is 0.332 e. The van der Waals surface area contributed by atoms with Gasteiger partial charge in [-0.2, -0.15) is 4.98 Å². The standard InChI is InChI=1S/C18H25N5O4/c1-4-26-9-7-21-16(24)14-15(20(3)18(21)25)19-17-22(12(2)10-23(14)17)11-13-6-5-8-27-13/h10,13H,4-9,11H2,1-3H3/t13-/m0/s1. The third kappa shape index (κ3) is 2.90. The molecule has 1 fully saturated rings. The third-order valence-electron chi connectivity index (χ3n) is 5.21. The van der Waals surface area contributed by atoms with Gasteiger partial charge < -0.3 is 14.0 Å². The monoisotopic (exact) mass is 375 g/mol. The molecule has 3 aromatic rings. The molecule has 0 N–H and O–H groups in total. The van der Waals surface area contributed by atoms with Crippen molar-refractivity contribution in [2.24, 2.45) is 7.05 Å². The maximum atomic E-state index is 13.0. The molecule has 3 aromatic heterocycles. The van der Waals surface area contributed by atoms with Crippen molar-refractivity contribution in [3.63, 3.8) is 0 Å². The molecule has 0 saturated carbocycles. The van der Waals surface area contributed by atoms with E-state index in [0.29, 0.717) is 36.7 Å². The van der Waals surface area contributed by atoms with Crippen molar-refractivity contribution in [3.8, 4) is 0 Å². The summed E-state index contributed by atoms with van der Waals surface area (Å²) >= 11 is 0. The summed E-state index contributed by atoms with van der Waals surface area (Å²) in [4.78, 5) is 30.3. The zero-order chi connectivity index (χ0) is 19.1. The van der Waals surface area contributed by atoms with E-state index < -0.39 is 0 Å². The number of hydrogen-bond acceptors (Lipinski definition) is 5. The van der Waals surface area contributed by atoms with Crippen molar-refractivity contribution >= 4 is 16.9 Å². The van der Waals surface area contributed by atoms with Gasteiger partial charge in [0.2, 0.25) is 5.78 Å². The molecule has 1 atom stereocenters. The molecule has 1 aliphatic rings. The maximum absolute atomic E-state index is 13.0. The molecule has 4 rings (SSSR count). The van der Waals surface area contributed by atoms with Crippen molar-refractivity contribution < 1.29 is 9.47 Å². The SMILES string of the molecule is CCOCCn1c(=O)c2c(nc3n(C[C@@H]4CCCO4)c(C)cn23)n(C)c1=O. The lowest BCUT2D eigenvalue weighted by atomic mass is 10.2. The summed E-state index contributed by atoms with van der Waals surface area (Å²) in [7, 11) is 1.64. The van der Waals surface area contributed by atoms with Gasteiger partial charge in [0.05, 0.1) is 25.8 Å². The van der Waals surface area contributed by atoms with E-state index in [9.17, 15) is 9.59 Å². The number of imidazole rings is 2. The first kappa shape index (κ1) is 18.0. The first-order valence-corrected chi connectivity index (χ1v) is 9.40. The molecule has 1 aliphatic heterocycles.